The van der Waals surface area contributed by atoms with Crippen molar-refractivity contribution >= 4 is 20.9 Å². The van der Waals surface area contributed by atoms with Gasteiger partial charge < -0.3 is 9.64 Å². The summed E-state index contributed by atoms with van der Waals surface area (Å²) >= 11 is 0. The molecule has 1 fully saturated rings. The number of methoxy groups -OCH3 is 1. The van der Waals surface area contributed by atoms with E-state index >= 15 is 0 Å². The van der Waals surface area contributed by atoms with E-state index < -0.39 is 10.0 Å². The zero-order valence-electron chi connectivity index (χ0n) is 19.4. The molecule has 7 heteroatoms. The predicted molar refractivity (Wildman–Crippen MR) is 129 cm³/mol. The summed E-state index contributed by atoms with van der Waals surface area (Å²) in [5, 5.41) is 0.921. The third-order valence-electron chi connectivity index (χ3n) is 6.47. The van der Waals surface area contributed by atoms with Crippen molar-refractivity contribution in [2.24, 2.45) is 0 Å². The molecule has 3 aromatic rings. The molecule has 0 radical (unpaired) electrons. The number of fused-ring (bicyclic) bond motifs is 1. The Balaban J connectivity index is 1.73. The fraction of sp³-hybridized carbons (Fsp3) is 0.440. The molecule has 0 aliphatic carbocycles. The Hall–Kier alpha value is -2.35. The van der Waals surface area contributed by atoms with Gasteiger partial charge in [-0.2, -0.15) is 0 Å². The highest BCUT2D eigenvalue weighted by Crippen LogP contribution is 2.30. The van der Waals surface area contributed by atoms with E-state index in [1.807, 2.05) is 30.3 Å². The minimum Gasteiger partial charge on any atom is -0.497 e. The molecule has 0 N–H and O–H groups in total. The minimum atomic E-state index is -3.71. The molecule has 2 aromatic carbocycles. The van der Waals surface area contributed by atoms with Crippen molar-refractivity contribution in [1.82, 2.24) is 13.8 Å². The Bertz CT molecular complexity index is 1180. The van der Waals surface area contributed by atoms with Gasteiger partial charge in [-0.05, 0) is 53.9 Å². The lowest BCUT2D eigenvalue weighted by molar-refractivity contribution is 0.132. The number of benzene rings is 2. The Morgan fingerprint density at radius 2 is 1.62 bits per heavy atom. The van der Waals surface area contributed by atoms with Crippen LogP contribution < -0.4 is 4.74 Å². The van der Waals surface area contributed by atoms with Gasteiger partial charge in [0, 0.05) is 44.3 Å². The zero-order chi connectivity index (χ0) is 22.9. The molecule has 32 heavy (non-hydrogen) atoms. The average Bonchev–Trinajstić information content (AvgIpc) is 3.18. The Labute approximate surface area is 191 Å². The van der Waals surface area contributed by atoms with Crippen molar-refractivity contribution in [3.63, 3.8) is 0 Å². The highest BCUT2D eigenvalue weighted by Gasteiger charge is 2.24. The summed E-state index contributed by atoms with van der Waals surface area (Å²) < 4.78 is 34.0. The first kappa shape index (κ1) is 22.8. The molecule has 172 valence electrons. The fourth-order valence-electron chi connectivity index (χ4n) is 4.34. The summed E-state index contributed by atoms with van der Waals surface area (Å²) in [5.41, 5.74) is 2.81. The van der Waals surface area contributed by atoms with Crippen LogP contribution in [0.25, 0.3) is 10.9 Å². The molecule has 1 aliphatic heterocycles. The molecular formula is C25H33N3O3S. The summed E-state index contributed by atoms with van der Waals surface area (Å²) in [6, 6.07) is 12.8. The lowest BCUT2D eigenvalue weighted by Gasteiger charge is -2.33. The number of nitrogens with zero attached hydrogens (tertiary/aromatic N) is 3. The first-order chi connectivity index (χ1) is 15.3. The van der Waals surface area contributed by atoms with Crippen LogP contribution in [0.5, 0.6) is 5.75 Å². The van der Waals surface area contributed by atoms with Crippen molar-refractivity contribution in [3.05, 3.63) is 59.8 Å². The molecule has 4 rings (SSSR count). The molecule has 2 heterocycles. The molecule has 0 bridgehead atoms. The van der Waals surface area contributed by atoms with Crippen LogP contribution in [0.1, 0.15) is 37.8 Å². The number of likely N-dealkylation sites (N-methyl/N-ethyl adjacent to an activating group) is 1. The minimum absolute atomic E-state index is 0.303. The number of hydrogen-bond donors (Lipinski definition) is 0. The van der Waals surface area contributed by atoms with E-state index in [2.05, 4.69) is 30.6 Å². The highest BCUT2D eigenvalue weighted by molar-refractivity contribution is 7.90. The summed E-state index contributed by atoms with van der Waals surface area (Å²) in [4.78, 5) is 5.14. The van der Waals surface area contributed by atoms with E-state index in [1.165, 1.54) is 3.97 Å². The third kappa shape index (κ3) is 4.42. The molecule has 1 aliphatic rings. The summed E-state index contributed by atoms with van der Waals surface area (Å²) in [5.74, 6) is 1.08. The van der Waals surface area contributed by atoms with Gasteiger partial charge in [0.15, 0.2) is 0 Å². The van der Waals surface area contributed by atoms with Crippen LogP contribution in [0.3, 0.4) is 0 Å². The van der Waals surface area contributed by atoms with Gasteiger partial charge >= 0.3 is 0 Å². The maximum absolute atomic E-state index is 13.6. The Morgan fingerprint density at radius 1 is 0.969 bits per heavy atom. The van der Waals surface area contributed by atoms with Gasteiger partial charge in [-0.3, -0.25) is 4.90 Å². The van der Waals surface area contributed by atoms with Crippen LogP contribution in [-0.4, -0.2) is 62.0 Å². The van der Waals surface area contributed by atoms with Crippen LogP contribution in [0.4, 0.5) is 0 Å². The molecule has 1 saturated heterocycles. The van der Waals surface area contributed by atoms with Crippen LogP contribution in [0.2, 0.25) is 0 Å². The van der Waals surface area contributed by atoms with Gasteiger partial charge in [-0.25, -0.2) is 12.4 Å². The summed E-state index contributed by atoms with van der Waals surface area (Å²) in [6.07, 6.45) is 1.79. The van der Waals surface area contributed by atoms with E-state index in [9.17, 15) is 8.42 Å². The Morgan fingerprint density at radius 3 is 2.22 bits per heavy atom. The van der Waals surface area contributed by atoms with Gasteiger partial charge in [0.25, 0.3) is 10.0 Å². The van der Waals surface area contributed by atoms with Crippen LogP contribution in [0.15, 0.2) is 53.6 Å². The monoisotopic (exact) mass is 455 g/mol. The van der Waals surface area contributed by atoms with Gasteiger partial charge in [-0.15, -0.1) is 0 Å². The second kappa shape index (κ2) is 9.25. The van der Waals surface area contributed by atoms with Crippen LogP contribution >= 0.6 is 0 Å². The van der Waals surface area contributed by atoms with Gasteiger partial charge in [0.1, 0.15) is 5.75 Å². The van der Waals surface area contributed by atoms with Crippen molar-refractivity contribution in [2.75, 3.05) is 39.8 Å². The first-order valence-corrected chi connectivity index (χ1v) is 12.8. The number of rotatable bonds is 7. The largest absolute Gasteiger partial charge is 0.497 e. The third-order valence-corrected chi connectivity index (χ3v) is 8.16. The zero-order valence-corrected chi connectivity index (χ0v) is 20.2. The average molecular weight is 456 g/mol. The van der Waals surface area contributed by atoms with Gasteiger partial charge in [0.05, 0.1) is 17.5 Å². The quantitative estimate of drug-likeness (QED) is 0.536. The van der Waals surface area contributed by atoms with Gasteiger partial charge in [0.2, 0.25) is 0 Å². The number of hydrogen-bond acceptors (Lipinski definition) is 5. The van der Waals surface area contributed by atoms with Crippen molar-refractivity contribution in [1.29, 1.82) is 0 Å². The summed E-state index contributed by atoms with van der Waals surface area (Å²) in [6.45, 7) is 12.2. The van der Waals surface area contributed by atoms with Crippen molar-refractivity contribution < 1.29 is 13.2 Å². The molecule has 0 unspecified atom stereocenters. The van der Waals surface area contributed by atoms with E-state index in [4.69, 9.17) is 4.74 Å². The maximum atomic E-state index is 13.6. The fourth-order valence-corrected chi connectivity index (χ4v) is 5.73. The van der Waals surface area contributed by atoms with E-state index in [0.29, 0.717) is 16.3 Å². The molecule has 6 nitrogen and oxygen atoms in total. The normalized spacial score (nSPS) is 16.2. The van der Waals surface area contributed by atoms with E-state index in [1.54, 1.807) is 25.4 Å². The van der Waals surface area contributed by atoms with Crippen LogP contribution in [0, 0.1) is 0 Å². The molecule has 0 saturated carbocycles. The number of ether oxygens (including phenoxy) is 1. The lowest BCUT2D eigenvalue weighted by atomic mass is 10.0. The number of piperazine rings is 1. The maximum Gasteiger partial charge on any atom is 0.268 e. The number of aromatic nitrogens is 1. The lowest BCUT2D eigenvalue weighted by Crippen LogP contribution is -2.45. The highest BCUT2D eigenvalue weighted by atomic mass is 32.2. The predicted octanol–water partition coefficient (Wildman–Crippen LogP) is 4.15. The molecular weight excluding hydrogens is 422 g/mol. The molecule has 0 spiro atoms. The van der Waals surface area contributed by atoms with Crippen LogP contribution in [-0.2, 0) is 16.6 Å². The molecule has 1 aromatic heterocycles. The summed E-state index contributed by atoms with van der Waals surface area (Å²) in [7, 11) is -2.08. The standard InChI is InChI=1S/C25H33N3O3S/c1-5-26-12-14-27(15-13-26)17-21-18-28(25-11-8-22(31-4)16-24(21)25)32(29,30)23-9-6-20(7-10-23)19(2)3/h6-11,16,18-19H,5,12-15,17H2,1-4H3. The first-order valence-electron chi connectivity index (χ1n) is 11.3. The topological polar surface area (TPSA) is 54.8 Å². The smallest absolute Gasteiger partial charge is 0.268 e. The molecule has 0 amide bonds. The van der Waals surface area contributed by atoms with E-state index in [-0.39, 0.29) is 0 Å². The van der Waals surface area contributed by atoms with Crippen molar-refractivity contribution in [3.8, 4) is 5.75 Å². The Kier molecular flexibility index (Phi) is 6.60. The molecule has 0 atom stereocenters. The van der Waals surface area contributed by atoms with Gasteiger partial charge in [-0.1, -0.05) is 32.9 Å². The second-order valence-corrected chi connectivity index (χ2v) is 10.6. The van der Waals surface area contributed by atoms with E-state index in [0.717, 1.165) is 61.5 Å². The second-order valence-electron chi connectivity index (χ2n) is 8.77. The van der Waals surface area contributed by atoms with Crippen molar-refractivity contribution in [2.45, 2.75) is 38.1 Å². The SMILES string of the molecule is CCN1CCN(Cc2cn(S(=O)(=O)c3ccc(C(C)C)cc3)c3ccc(OC)cc23)CC1.